The average molecular weight is 317 g/mol. The Balaban J connectivity index is 2.21. The normalized spacial score (nSPS) is 11.1. The SMILES string of the molecule is Cc1cc(F)c2oc3cc(C#N)ccc3c2c1-c1cccc[n+]1C. The molecular weight excluding hydrogens is 303 g/mol. The maximum absolute atomic E-state index is 14.5. The van der Waals surface area contributed by atoms with Crippen LogP contribution in [-0.4, -0.2) is 0 Å². The van der Waals surface area contributed by atoms with Crippen LogP contribution in [0.4, 0.5) is 4.39 Å². The molecule has 0 unspecified atom stereocenters. The number of aryl methyl sites for hydroxylation is 2. The van der Waals surface area contributed by atoms with Crippen LogP contribution in [0.2, 0.25) is 0 Å². The minimum atomic E-state index is -0.389. The number of aromatic nitrogens is 1. The molecule has 0 N–H and O–H groups in total. The average Bonchev–Trinajstić information content (AvgIpc) is 2.95. The van der Waals surface area contributed by atoms with Gasteiger partial charge in [0, 0.05) is 22.9 Å². The number of nitriles is 1. The van der Waals surface area contributed by atoms with Gasteiger partial charge in [-0.05, 0) is 42.8 Å². The van der Waals surface area contributed by atoms with Crippen molar-refractivity contribution >= 4 is 21.9 Å². The first-order chi connectivity index (χ1) is 11.6. The van der Waals surface area contributed by atoms with Gasteiger partial charge in [0.25, 0.3) is 0 Å². The lowest BCUT2D eigenvalue weighted by Gasteiger charge is -2.07. The molecule has 4 heteroatoms. The van der Waals surface area contributed by atoms with Crippen molar-refractivity contribution in [1.82, 2.24) is 0 Å². The van der Waals surface area contributed by atoms with Crippen LogP contribution in [0.1, 0.15) is 11.1 Å². The Morgan fingerprint density at radius 1 is 1.17 bits per heavy atom. The molecule has 0 amide bonds. The lowest BCUT2D eigenvalue weighted by molar-refractivity contribution is -0.660. The summed E-state index contributed by atoms with van der Waals surface area (Å²) in [6.45, 7) is 1.90. The van der Waals surface area contributed by atoms with Crippen LogP contribution in [0.3, 0.4) is 0 Å². The van der Waals surface area contributed by atoms with Gasteiger partial charge in [0.1, 0.15) is 12.6 Å². The fourth-order valence-corrected chi connectivity index (χ4v) is 3.22. The van der Waals surface area contributed by atoms with Gasteiger partial charge in [0.2, 0.25) is 5.69 Å². The number of hydrogen-bond acceptors (Lipinski definition) is 2. The summed E-state index contributed by atoms with van der Waals surface area (Å²) in [7, 11) is 1.96. The molecule has 2 aromatic heterocycles. The highest BCUT2D eigenvalue weighted by Crippen LogP contribution is 2.39. The van der Waals surface area contributed by atoms with E-state index in [-0.39, 0.29) is 11.4 Å². The predicted octanol–water partition coefficient (Wildman–Crippen LogP) is 4.40. The molecule has 116 valence electrons. The van der Waals surface area contributed by atoms with Gasteiger partial charge in [-0.25, -0.2) is 8.96 Å². The third-order valence-electron chi connectivity index (χ3n) is 4.33. The molecule has 0 fully saturated rings. The van der Waals surface area contributed by atoms with E-state index in [2.05, 4.69) is 6.07 Å². The fourth-order valence-electron chi connectivity index (χ4n) is 3.22. The molecule has 24 heavy (non-hydrogen) atoms. The molecule has 4 aromatic rings. The van der Waals surface area contributed by atoms with Crippen molar-refractivity contribution in [2.24, 2.45) is 7.05 Å². The summed E-state index contributed by atoms with van der Waals surface area (Å²) in [5.74, 6) is -0.389. The van der Waals surface area contributed by atoms with E-state index < -0.39 is 0 Å². The Kier molecular flexibility index (Phi) is 3.10. The maximum atomic E-state index is 14.5. The minimum Gasteiger partial charge on any atom is -0.453 e. The van der Waals surface area contributed by atoms with Crippen LogP contribution in [0.25, 0.3) is 33.2 Å². The summed E-state index contributed by atoms with van der Waals surface area (Å²) in [6.07, 6.45) is 1.96. The fraction of sp³-hybridized carbons (Fsp3) is 0.100. The van der Waals surface area contributed by atoms with Gasteiger partial charge < -0.3 is 4.42 Å². The first-order valence-corrected chi connectivity index (χ1v) is 7.60. The number of furan rings is 1. The van der Waals surface area contributed by atoms with Gasteiger partial charge in [-0.15, -0.1) is 0 Å². The second kappa shape index (κ2) is 5.17. The Morgan fingerprint density at radius 3 is 2.75 bits per heavy atom. The van der Waals surface area contributed by atoms with E-state index in [1.165, 1.54) is 6.07 Å². The quantitative estimate of drug-likeness (QED) is 0.488. The molecule has 0 aliphatic rings. The molecule has 0 atom stereocenters. The lowest BCUT2D eigenvalue weighted by Crippen LogP contribution is -2.30. The van der Waals surface area contributed by atoms with Crippen LogP contribution in [0.5, 0.6) is 0 Å². The Hall–Kier alpha value is -3.19. The van der Waals surface area contributed by atoms with E-state index in [1.807, 2.05) is 49.0 Å². The number of nitrogens with zero attached hydrogens (tertiary/aromatic N) is 2. The summed E-state index contributed by atoms with van der Waals surface area (Å²) in [6, 6.07) is 14.7. The Bertz CT molecular complexity index is 1150. The van der Waals surface area contributed by atoms with Gasteiger partial charge in [-0.1, -0.05) is 0 Å². The summed E-state index contributed by atoms with van der Waals surface area (Å²) < 4.78 is 22.2. The summed E-state index contributed by atoms with van der Waals surface area (Å²) in [5.41, 5.74) is 4.00. The molecular formula is C20H14FN2O+. The molecule has 0 radical (unpaired) electrons. The number of benzene rings is 2. The number of fused-ring (bicyclic) bond motifs is 3. The highest BCUT2D eigenvalue weighted by atomic mass is 19.1. The van der Waals surface area contributed by atoms with E-state index in [9.17, 15) is 4.39 Å². The van der Waals surface area contributed by atoms with Crippen molar-refractivity contribution in [3.05, 3.63) is 65.6 Å². The first kappa shape index (κ1) is 14.4. The van der Waals surface area contributed by atoms with E-state index in [4.69, 9.17) is 9.68 Å². The third-order valence-corrected chi connectivity index (χ3v) is 4.33. The Labute approximate surface area is 138 Å². The molecule has 0 aliphatic heterocycles. The van der Waals surface area contributed by atoms with E-state index in [0.717, 1.165) is 27.6 Å². The molecule has 3 nitrogen and oxygen atoms in total. The Morgan fingerprint density at radius 2 is 2.00 bits per heavy atom. The summed E-state index contributed by atoms with van der Waals surface area (Å²) in [4.78, 5) is 0. The van der Waals surface area contributed by atoms with Crippen LogP contribution < -0.4 is 4.57 Å². The van der Waals surface area contributed by atoms with Crippen molar-refractivity contribution in [3.8, 4) is 17.3 Å². The van der Waals surface area contributed by atoms with Crippen LogP contribution in [0, 0.1) is 24.1 Å². The molecule has 0 bridgehead atoms. The standard InChI is InChI=1S/C20H14FN2O/c1-12-9-15(21)20-19(18(12)16-5-3-4-8-23(16)2)14-7-6-13(11-22)10-17(14)24-20/h3-10H,1-2H3/q+1. The smallest absolute Gasteiger partial charge is 0.213 e. The van der Waals surface area contributed by atoms with Crippen molar-refractivity contribution in [3.63, 3.8) is 0 Å². The van der Waals surface area contributed by atoms with Gasteiger partial charge >= 0.3 is 0 Å². The largest absolute Gasteiger partial charge is 0.453 e. The van der Waals surface area contributed by atoms with Crippen molar-refractivity contribution in [2.45, 2.75) is 6.92 Å². The van der Waals surface area contributed by atoms with E-state index >= 15 is 0 Å². The van der Waals surface area contributed by atoms with Crippen LogP contribution in [0.15, 0.2) is 53.1 Å². The van der Waals surface area contributed by atoms with Crippen molar-refractivity contribution in [1.29, 1.82) is 5.26 Å². The van der Waals surface area contributed by atoms with Gasteiger partial charge in [-0.3, -0.25) is 0 Å². The second-order valence-electron chi connectivity index (χ2n) is 5.88. The zero-order chi connectivity index (χ0) is 16.8. The second-order valence-corrected chi connectivity index (χ2v) is 5.88. The highest BCUT2D eigenvalue weighted by Gasteiger charge is 2.22. The zero-order valence-corrected chi connectivity index (χ0v) is 13.3. The molecule has 4 rings (SSSR count). The molecule has 0 saturated carbocycles. The number of pyridine rings is 1. The number of hydrogen-bond donors (Lipinski definition) is 0. The van der Waals surface area contributed by atoms with Gasteiger partial charge in [-0.2, -0.15) is 5.26 Å². The molecule has 2 heterocycles. The van der Waals surface area contributed by atoms with Gasteiger partial charge in [0.05, 0.1) is 17.2 Å². The summed E-state index contributed by atoms with van der Waals surface area (Å²) in [5, 5.41) is 10.6. The monoisotopic (exact) mass is 317 g/mol. The molecule has 0 spiro atoms. The number of halogens is 1. The maximum Gasteiger partial charge on any atom is 0.213 e. The van der Waals surface area contributed by atoms with Crippen LogP contribution in [-0.2, 0) is 7.05 Å². The van der Waals surface area contributed by atoms with E-state index in [1.54, 1.807) is 12.1 Å². The van der Waals surface area contributed by atoms with Crippen molar-refractivity contribution < 1.29 is 13.4 Å². The minimum absolute atomic E-state index is 0.226. The van der Waals surface area contributed by atoms with Crippen LogP contribution >= 0.6 is 0 Å². The zero-order valence-electron chi connectivity index (χ0n) is 13.3. The highest BCUT2D eigenvalue weighted by molar-refractivity contribution is 6.12. The lowest BCUT2D eigenvalue weighted by atomic mass is 9.97. The molecule has 0 saturated heterocycles. The number of rotatable bonds is 1. The first-order valence-electron chi connectivity index (χ1n) is 7.60. The topological polar surface area (TPSA) is 40.8 Å². The molecule has 2 aromatic carbocycles. The van der Waals surface area contributed by atoms with Crippen molar-refractivity contribution in [2.75, 3.05) is 0 Å². The third kappa shape index (κ3) is 1.99. The molecule has 0 aliphatic carbocycles. The summed E-state index contributed by atoms with van der Waals surface area (Å²) >= 11 is 0. The van der Waals surface area contributed by atoms with Gasteiger partial charge in [0.15, 0.2) is 17.6 Å². The predicted molar refractivity (Wildman–Crippen MR) is 89.7 cm³/mol. The van der Waals surface area contributed by atoms with E-state index in [0.29, 0.717) is 11.1 Å².